The quantitative estimate of drug-likeness (QED) is 0.875. The predicted octanol–water partition coefficient (Wildman–Crippen LogP) is 1.38. The van der Waals surface area contributed by atoms with E-state index in [9.17, 15) is 8.42 Å². The van der Waals surface area contributed by atoms with Gasteiger partial charge >= 0.3 is 0 Å². The predicted molar refractivity (Wildman–Crippen MR) is 82.9 cm³/mol. The number of aryl methyl sites for hydroxylation is 1. The molecule has 6 nitrogen and oxygen atoms in total. The van der Waals surface area contributed by atoms with Gasteiger partial charge in [-0.2, -0.15) is 0 Å². The molecule has 0 saturated carbocycles. The van der Waals surface area contributed by atoms with E-state index in [1.165, 1.54) is 12.3 Å². The molecule has 0 amide bonds. The van der Waals surface area contributed by atoms with Crippen molar-refractivity contribution in [3.63, 3.8) is 0 Å². The smallest absolute Gasteiger partial charge is 0.263 e. The Bertz CT molecular complexity index is 736. The van der Waals surface area contributed by atoms with Crippen LogP contribution in [0.25, 0.3) is 0 Å². The molecule has 21 heavy (non-hydrogen) atoms. The minimum atomic E-state index is -3.67. The Morgan fingerprint density at radius 1 is 1.29 bits per heavy atom. The summed E-state index contributed by atoms with van der Waals surface area (Å²) >= 11 is 0. The Labute approximate surface area is 124 Å². The minimum Gasteiger partial charge on any atom is -0.390 e. The van der Waals surface area contributed by atoms with Gasteiger partial charge in [-0.25, -0.2) is 8.42 Å². The molecule has 0 bridgehead atoms. The number of nitrogens with zero attached hydrogens (tertiary/aromatic N) is 2. The van der Waals surface area contributed by atoms with Crippen molar-refractivity contribution in [1.82, 2.24) is 4.57 Å². The number of sulfonamides is 1. The van der Waals surface area contributed by atoms with Crippen LogP contribution in [0.3, 0.4) is 0 Å². The molecule has 2 aromatic rings. The summed E-state index contributed by atoms with van der Waals surface area (Å²) in [5, 5.41) is 9.14. The Kier molecular flexibility index (Phi) is 4.24. The van der Waals surface area contributed by atoms with Gasteiger partial charge in [0.15, 0.2) is 0 Å². The lowest BCUT2D eigenvalue weighted by atomic mass is 10.3. The highest BCUT2D eigenvalue weighted by Crippen LogP contribution is 2.21. The molecule has 0 saturated heterocycles. The molecule has 0 aliphatic carbocycles. The first kappa shape index (κ1) is 15.4. The fraction of sp³-hybridized carbons (Fsp3) is 0.286. The van der Waals surface area contributed by atoms with Crippen molar-refractivity contribution >= 4 is 21.4 Å². The SMILES string of the molecule is CN(C)c1cccc(NS(=O)(=O)c2cc(CO)n(C)c2)c1. The van der Waals surface area contributed by atoms with Gasteiger partial charge < -0.3 is 14.6 Å². The summed E-state index contributed by atoms with van der Waals surface area (Å²) in [4.78, 5) is 2.02. The van der Waals surface area contributed by atoms with Gasteiger partial charge in [0.1, 0.15) is 4.90 Å². The standard InChI is InChI=1S/C14H19N3O3S/c1-16(2)12-6-4-5-11(7-12)15-21(19,20)14-8-13(10-18)17(3)9-14/h4-9,15,18H,10H2,1-3H3. The second kappa shape index (κ2) is 5.79. The third kappa shape index (κ3) is 3.37. The zero-order valence-corrected chi connectivity index (χ0v) is 13.1. The summed E-state index contributed by atoms with van der Waals surface area (Å²) < 4.78 is 28.8. The molecule has 0 atom stereocenters. The van der Waals surface area contributed by atoms with Crippen LogP contribution in [0.1, 0.15) is 5.69 Å². The summed E-state index contributed by atoms with van der Waals surface area (Å²) in [6.45, 7) is -0.206. The van der Waals surface area contributed by atoms with Crippen molar-refractivity contribution in [3.05, 3.63) is 42.2 Å². The van der Waals surface area contributed by atoms with E-state index in [1.54, 1.807) is 29.8 Å². The van der Waals surface area contributed by atoms with E-state index in [1.807, 2.05) is 25.1 Å². The van der Waals surface area contributed by atoms with Crippen LogP contribution >= 0.6 is 0 Å². The lowest BCUT2D eigenvalue weighted by Crippen LogP contribution is -2.13. The number of benzene rings is 1. The topological polar surface area (TPSA) is 74.6 Å². The van der Waals surface area contributed by atoms with E-state index < -0.39 is 10.0 Å². The second-order valence-corrected chi connectivity index (χ2v) is 6.67. The second-order valence-electron chi connectivity index (χ2n) is 4.99. The maximum Gasteiger partial charge on any atom is 0.263 e. The van der Waals surface area contributed by atoms with E-state index in [-0.39, 0.29) is 11.5 Å². The number of anilines is 2. The highest BCUT2D eigenvalue weighted by atomic mass is 32.2. The number of aliphatic hydroxyl groups is 1. The molecule has 0 fully saturated rings. The van der Waals surface area contributed by atoms with E-state index >= 15 is 0 Å². The first-order valence-corrected chi connectivity index (χ1v) is 7.88. The normalized spacial score (nSPS) is 11.4. The number of aromatic nitrogens is 1. The van der Waals surface area contributed by atoms with Crippen LogP contribution in [-0.4, -0.2) is 32.2 Å². The van der Waals surface area contributed by atoms with E-state index in [0.717, 1.165) is 5.69 Å². The number of hydrogen-bond donors (Lipinski definition) is 2. The van der Waals surface area contributed by atoms with Crippen LogP contribution in [0.5, 0.6) is 0 Å². The summed E-state index contributed by atoms with van der Waals surface area (Å²) in [6, 6.07) is 8.59. The van der Waals surface area contributed by atoms with Gasteiger partial charge in [0.25, 0.3) is 10.0 Å². The van der Waals surface area contributed by atoms with Gasteiger partial charge in [-0.3, -0.25) is 4.72 Å². The molecule has 0 radical (unpaired) electrons. The monoisotopic (exact) mass is 309 g/mol. The van der Waals surface area contributed by atoms with E-state index in [0.29, 0.717) is 11.4 Å². The number of rotatable bonds is 5. The molecule has 0 aliphatic heterocycles. The maximum absolute atomic E-state index is 12.3. The van der Waals surface area contributed by atoms with Crippen LogP contribution in [0, 0.1) is 0 Å². The highest BCUT2D eigenvalue weighted by Gasteiger charge is 2.17. The first-order chi connectivity index (χ1) is 9.83. The lowest BCUT2D eigenvalue weighted by Gasteiger charge is -2.14. The zero-order valence-electron chi connectivity index (χ0n) is 12.2. The van der Waals surface area contributed by atoms with E-state index in [2.05, 4.69) is 4.72 Å². The van der Waals surface area contributed by atoms with Crippen LogP contribution in [0.2, 0.25) is 0 Å². The average molecular weight is 309 g/mol. The van der Waals surface area contributed by atoms with Crippen LogP contribution in [0.4, 0.5) is 11.4 Å². The van der Waals surface area contributed by atoms with Crippen molar-refractivity contribution in [3.8, 4) is 0 Å². The van der Waals surface area contributed by atoms with Crippen molar-refractivity contribution in [1.29, 1.82) is 0 Å². The summed E-state index contributed by atoms with van der Waals surface area (Å²) in [6.07, 6.45) is 1.48. The number of hydrogen-bond acceptors (Lipinski definition) is 4. The summed E-state index contributed by atoms with van der Waals surface area (Å²) in [5.74, 6) is 0. The van der Waals surface area contributed by atoms with Crippen LogP contribution in [-0.2, 0) is 23.7 Å². The minimum absolute atomic E-state index is 0.129. The molecule has 1 aromatic heterocycles. The Hall–Kier alpha value is -1.99. The molecule has 0 aliphatic rings. The van der Waals surface area contributed by atoms with Crippen molar-refractivity contribution < 1.29 is 13.5 Å². The Morgan fingerprint density at radius 2 is 2.00 bits per heavy atom. The number of aliphatic hydroxyl groups excluding tert-OH is 1. The molecule has 114 valence electrons. The van der Waals surface area contributed by atoms with Gasteiger partial charge in [-0.15, -0.1) is 0 Å². The fourth-order valence-corrected chi connectivity index (χ4v) is 3.09. The molecule has 1 heterocycles. The van der Waals surface area contributed by atoms with Gasteiger partial charge in [0.05, 0.1) is 12.3 Å². The van der Waals surface area contributed by atoms with Gasteiger partial charge in [-0.1, -0.05) is 6.07 Å². The molecule has 2 N–H and O–H groups in total. The Morgan fingerprint density at radius 3 is 2.57 bits per heavy atom. The van der Waals surface area contributed by atoms with Crippen molar-refractivity contribution in [2.75, 3.05) is 23.7 Å². The third-order valence-electron chi connectivity index (χ3n) is 3.17. The molecular formula is C14H19N3O3S. The largest absolute Gasteiger partial charge is 0.390 e. The average Bonchev–Trinajstić information content (AvgIpc) is 2.80. The fourth-order valence-electron chi connectivity index (χ4n) is 1.94. The molecule has 1 aromatic carbocycles. The highest BCUT2D eigenvalue weighted by molar-refractivity contribution is 7.92. The van der Waals surface area contributed by atoms with Crippen molar-refractivity contribution in [2.45, 2.75) is 11.5 Å². The van der Waals surface area contributed by atoms with Gasteiger partial charge in [0.2, 0.25) is 0 Å². The van der Waals surface area contributed by atoms with Crippen molar-refractivity contribution in [2.24, 2.45) is 7.05 Å². The molecular weight excluding hydrogens is 290 g/mol. The summed E-state index contributed by atoms with van der Waals surface area (Å²) in [7, 11) is 1.80. The van der Waals surface area contributed by atoms with Crippen LogP contribution in [0.15, 0.2) is 41.4 Å². The molecule has 2 rings (SSSR count). The molecule has 0 spiro atoms. The summed E-state index contributed by atoms with van der Waals surface area (Å²) in [5.41, 5.74) is 1.94. The number of nitrogens with one attached hydrogen (secondary N) is 1. The zero-order chi connectivity index (χ0) is 15.6. The van der Waals surface area contributed by atoms with Gasteiger partial charge in [0, 0.05) is 38.7 Å². The maximum atomic E-state index is 12.3. The third-order valence-corrected chi connectivity index (χ3v) is 4.52. The first-order valence-electron chi connectivity index (χ1n) is 6.40. The van der Waals surface area contributed by atoms with Crippen LogP contribution < -0.4 is 9.62 Å². The molecule has 7 heteroatoms. The lowest BCUT2D eigenvalue weighted by molar-refractivity contribution is 0.272. The van der Waals surface area contributed by atoms with E-state index in [4.69, 9.17) is 5.11 Å². The van der Waals surface area contributed by atoms with Gasteiger partial charge in [-0.05, 0) is 24.3 Å². The Balaban J connectivity index is 2.30. The molecule has 0 unspecified atom stereocenters.